The molecule has 3 rings (SSSR count). The first-order valence-electron chi connectivity index (χ1n) is 6.58. The molecule has 0 spiro atoms. The Bertz CT molecular complexity index is 653. The highest BCUT2D eigenvalue weighted by Crippen LogP contribution is 2.28. The van der Waals surface area contributed by atoms with Crippen LogP contribution in [0.15, 0.2) is 55.0 Å². The Balaban J connectivity index is 2.10. The lowest BCUT2D eigenvalue weighted by Gasteiger charge is -2.16. The van der Waals surface area contributed by atoms with E-state index in [-0.39, 0.29) is 0 Å². The molecule has 0 fully saturated rings. The zero-order valence-corrected chi connectivity index (χ0v) is 12.6. The minimum absolute atomic E-state index is 0.620. The average molecular weight is 295 g/mol. The molecule has 98 valence electrons. The van der Waals surface area contributed by atoms with E-state index < -0.39 is 7.92 Å². The highest BCUT2D eigenvalue weighted by Gasteiger charge is 2.20. The Morgan fingerprint density at radius 3 is 1.09 bits per heavy atom. The molecule has 0 unspecified atom stereocenters. The Morgan fingerprint density at radius 1 is 0.545 bits per heavy atom. The van der Waals surface area contributed by atoms with Crippen LogP contribution < -0.4 is 32.7 Å². The van der Waals surface area contributed by atoms with Crippen LogP contribution in [0.4, 0.5) is 0 Å². The maximum Gasteiger partial charge on any atom is 0.115 e. The van der Waals surface area contributed by atoms with E-state index >= 15 is 0 Å². The Labute approximate surface area is 134 Å². The lowest BCUT2D eigenvalue weighted by Crippen LogP contribution is -2.29. The summed E-state index contributed by atoms with van der Waals surface area (Å²) in [7, 11) is 16.2. The first-order valence-corrected chi connectivity index (χ1v) is 7.92. The summed E-state index contributed by atoms with van der Waals surface area (Å²) in [6.07, 6.45) is 4.91. The van der Waals surface area contributed by atoms with Crippen LogP contribution in [-0.2, 0) is 0 Å². The van der Waals surface area contributed by atoms with Gasteiger partial charge in [0.15, 0.2) is 0 Å². The van der Waals surface area contributed by atoms with Crippen LogP contribution in [-0.4, -0.2) is 38.5 Å². The van der Waals surface area contributed by atoms with Crippen LogP contribution in [0.2, 0.25) is 0 Å². The van der Waals surface area contributed by atoms with Gasteiger partial charge in [0.25, 0.3) is 0 Å². The number of aromatic nitrogens is 3. The lowest BCUT2D eigenvalue weighted by molar-refractivity contribution is 1.37. The molecule has 3 aromatic heterocycles. The normalized spacial score (nSPS) is 10.8. The molecular weight excluding hydrogens is 286 g/mol. The van der Waals surface area contributed by atoms with Crippen LogP contribution in [0, 0.1) is 0 Å². The monoisotopic (exact) mass is 295 g/mol. The molecule has 0 aliphatic rings. The fourth-order valence-electron chi connectivity index (χ4n) is 1.94. The standard InChI is InChI=1S/C15H9B3N3P/c16-10-1-4-13(19-7-10)22(14-5-2-11(17)8-20-14)15-6-3-12(18)9-21-15/h1-9H. The summed E-state index contributed by atoms with van der Waals surface area (Å²) in [4.78, 5) is 13.3. The fourth-order valence-corrected chi connectivity index (χ4v) is 3.84. The molecule has 3 nitrogen and oxygen atoms in total. The average Bonchev–Trinajstić information content (AvgIpc) is 2.53. The number of pyridine rings is 3. The summed E-state index contributed by atoms with van der Waals surface area (Å²) < 4.78 is 0. The second-order valence-electron chi connectivity index (χ2n) is 4.68. The van der Waals surface area contributed by atoms with E-state index in [1.807, 2.05) is 36.4 Å². The van der Waals surface area contributed by atoms with Gasteiger partial charge in [-0.25, -0.2) is 0 Å². The molecule has 0 saturated carbocycles. The van der Waals surface area contributed by atoms with Crippen molar-refractivity contribution >= 4 is 64.2 Å². The maximum absolute atomic E-state index is 5.72. The molecule has 22 heavy (non-hydrogen) atoms. The third-order valence-electron chi connectivity index (χ3n) is 3.00. The van der Waals surface area contributed by atoms with E-state index in [1.165, 1.54) is 0 Å². The Hall–Kier alpha value is -1.93. The van der Waals surface area contributed by atoms with E-state index in [2.05, 4.69) is 15.0 Å². The van der Waals surface area contributed by atoms with Gasteiger partial charge in [-0.3, -0.25) is 15.0 Å². The van der Waals surface area contributed by atoms with Crippen LogP contribution in [0.3, 0.4) is 0 Å². The molecule has 0 atom stereocenters. The SMILES string of the molecule is [B]c1ccc(P(c2ccc([B])cn2)c2ccc([B])cn2)nc1. The first kappa shape index (κ1) is 15.0. The minimum Gasteiger partial charge on any atom is -0.256 e. The zero-order chi connectivity index (χ0) is 15.5. The molecular formula is C15H9B3N3P. The van der Waals surface area contributed by atoms with Crippen LogP contribution in [0.5, 0.6) is 0 Å². The van der Waals surface area contributed by atoms with Crippen LogP contribution >= 0.6 is 7.92 Å². The van der Waals surface area contributed by atoms with Crippen molar-refractivity contribution in [1.29, 1.82) is 0 Å². The third kappa shape index (κ3) is 3.28. The zero-order valence-electron chi connectivity index (χ0n) is 11.7. The second-order valence-corrected chi connectivity index (χ2v) is 6.73. The topological polar surface area (TPSA) is 38.7 Å². The van der Waals surface area contributed by atoms with Crippen molar-refractivity contribution in [3.8, 4) is 0 Å². The molecule has 0 N–H and O–H groups in total. The quantitative estimate of drug-likeness (QED) is 0.415. The predicted molar refractivity (Wildman–Crippen MR) is 94.7 cm³/mol. The van der Waals surface area contributed by atoms with Gasteiger partial charge in [0.1, 0.15) is 23.5 Å². The smallest absolute Gasteiger partial charge is 0.115 e. The van der Waals surface area contributed by atoms with Gasteiger partial charge in [0, 0.05) is 26.5 Å². The van der Waals surface area contributed by atoms with Crippen LogP contribution in [0.1, 0.15) is 0 Å². The summed E-state index contributed by atoms with van der Waals surface area (Å²) in [5.74, 6) is 0. The maximum atomic E-state index is 5.72. The van der Waals surface area contributed by atoms with Crippen molar-refractivity contribution in [1.82, 2.24) is 15.0 Å². The van der Waals surface area contributed by atoms with E-state index in [0.29, 0.717) is 16.4 Å². The van der Waals surface area contributed by atoms with Gasteiger partial charge >= 0.3 is 0 Å². The Kier molecular flexibility index (Phi) is 4.40. The van der Waals surface area contributed by atoms with Gasteiger partial charge in [0.05, 0.1) is 16.3 Å². The summed E-state index contributed by atoms with van der Waals surface area (Å²) in [6.45, 7) is 0. The highest BCUT2D eigenvalue weighted by molar-refractivity contribution is 7.79. The van der Waals surface area contributed by atoms with Crippen molar-refractivity contribution in [3.05, 3.63) is 55.0 Å². The van der Waals surface area contributed by atoms with Crippen molar-refractivity contribution in [2.45, 2.75) is 0 Å². The van der Waals surface area contributed by atoms with Crippen molar-refractivity contribution in [2.75, 3.05) is 0 Å². The molecule has 0 aromatic carbocycles. The predicted octanol–water partition coefficient (Wildman–Crippen LogP) is -1.99. The fraction of sp³-hybridized carbons (Fsp3) is 0. The van der Waals surface area contributed by atoms with E-state index in [1.54, 1.807) is 18.6 Å². The summed E-state index contributed by atoms with van der Waals surface area (Å²) in [6, 6.07) is 11.2. The molecule has 0 saturated heterocycles. The second kappa shape index (κ2) is 6.45. The first-order chi connectivity index (χ1) is 10.6. The highest BCUT2D eigenvalue weighted by atomic mass is 31.1. The summed E-state index contributed by atoms with van der Waals surface area (Å²) in [5, 5.41) is 0. The van der Waals surface area contributed by atoms with Gasteiger partial charge < -0.3 is 0 Å². The molecule has 3 heterocycles. The van der Waals surface area contributed by atoms with Crippen molar-refractivity contribution < 1.29 is 0 Å². The largest absolute Gasteiger partial charge is 0.256 e. The van der Waals surface area contributed by atoms with E-state index in [0.717, 1.165) is 16.3 Å². The molecule has 0 aliphatic heterocycles. The molecule has 3 aromatic rings. The van der Waals surface area contributed by atoms with Gasteiger partial charge in [-0.05, 0) is 18.2 Å². The number of rotatable bonds is 3. The van der Waals surface area contributed by atoms with Gasteiger partial charge in [-0.2, -0.15) is 0 Å². The van der Waals surface area contributed by atoms with Gasteiger partial charge in [-0.1, -0.05) is 34.6 Å². The van der Waals surface area contributed by atoms with Crippen molar-refractivity contribution in [3.63, 3.8) is 0 Å². The van der Waals surface area contributed by atoms with E-state index in [4.69, 9.17) is 23.5 Å². The number of nitrogens with zero attached hydrogens (tertiary/aromatic N) is 3. The minimum atomic E-state index is -0.983. The molecule has 6 radical (unpaired) electrons. The van der Waals surface area contributed by atoms with Gasteiger partial charge in [0.2, 0.25) is 0 Å². The van der Waals surface area contributed by atoms with Gasteiger partial charge in [-0.15, -0.1) is 0 Å². The molecule has 0 amide bonds. The summed E-state index contributed by atoms with van der Waals surface area (Å²) >= 11 is 0. The van der Waals surface area contributed by atoms with E-state index in [9.17, 15) is 0 Å². The third-order valence-corrected chi connectivity index (χ3v) is 5.17. The molecule has 0 bridgehead atoms. The summed E-state index contributed by atoms with van der Waals surface area (Å²) in [5.41, 5.74) is 4.48. The van der Waals surface area contributed by atoms with Crippen molar-refractivity contribution in [2.24, 2.45) is 0 Å². The molecule has 0 aliphatic carbocycles. The molecule has 7 heteroatoms. The van der Waals surface area contributed by atoms with Crippen LogP contribution in [0.25, 0.3) is 0 Å². The Morgan fingerprint density at radius 2 is 0.864 bits per heavy atom. The number of hydrogen-bond acceptors (Lipinski definition) is 3. The lowest BCUT2D eigenvalue weighted by atomic mass is 9.99. The number of hydrogen-bond donors (Lipinski definition) is 0.